The van der Waals surface area contributed by atoms with Crippen molar-refractivity contribution in [3.63, 3.8) is 0 Å². The van der Waals surface area contributed by atoms with E-state index in [1.165, 1.54) is 16.7 Å². The number of aliphatic hydroxyl groups excluding tert-OH is 1. The van der Waals surface area contributed by atoms with Crippen LogP contribution in [0.3, 0.4) is 0 Å². The largest absolute Gasteiger partial charge is 0.496 e. The van der Waals surface area contributed by atoms with Crippen molar-refractivity contribution in [3.8, 4) is 5.75 Å². The van der Waals surface area contributed by atoms with Gasteiger partial charge in [0.1, 0.15) is 5.75 Å². The lowest BCUT2D eigenvalue weighted by atomic mass is 9.83. The van der Waals surface area contributed by atoms with Gasteiger partial charge in [0.15, 0.2) is 0 Å². The van der Waals surface area contributed by atoms with Crippen molar-refractivity contribution in [3.05, 3.63) is 28.8 Å². The van der Waals surface area contributed by atoms with Gasteiger partial charge in [-0.3, -0.25) is 0 Å². The zero-order valence-corrected chi connectivity index (χ0v) is 11.6. The minimum atomic E-state index is 0.0563. The third-order valence-electron chi connectivity index (χ3n) is 3.02. The first-order valence-corrected chi connectivity index (χ1v) is 6.25. The summed E-state index contributed by atoms with van der Waals surface area (Å²) in [7, 11) is 1.73. The highest BCUT2D eigenvalue weighted by molar-refractivity contribution is 5.48. The molecule has 0 fully saturated rings. The van der Waals surface area contributed by atoms with Crippen LogP contribution in [0.4, 0.5) is 0 Å². The molecule has 2 heteroatoms. The highest BCUT2D eigenvalue weighted by Gasteiger charge is 2.21. The van der Waals surface area contributed by atoms with Gasteiger partial charge in [0.2, 0.25) is 0 Å². The molecule has 2 nitrogen and oxygen atoms in total. The Labute approximate surface area is 105 Å². The van der Waals surface area contributed by atoms with E-state index in [0.29, 0.717) is 6.42 Å². The summed E-state index contributed by atoms with van der Waals surface area (Å²) in [5, 5.41) is 9.07. The summed E-state index contributed by atoms with van der Waals surface area (Å²) in [6.07, 6.45) is 1.66. The Kier molecular flexibility index (Phi) is 4.58. The molecule has 0 unspecified atom stereocenters. The van der Waals surface area contributed by atoms with Crippen LogP contribution >= 0.6 is 0 Å². The lowest BCUT2D eigenvalue weighted by Gasteiger charge is -2.25. The van der Waals surface area contributed by atoms with Gasteiger partial charge in [-0.1, -0.05) is 39.8 Å². The Hall–Kier alpha value is -1.02. The summed E-state index contributed by atoms with van der Waals surface area (Å²) < 4.78 is 5.56. The molecular weight excluding hydrogens is 212 g/mol. The van der Waals surface area contributed by atoms with E-state index in [0.717, 1.165) is 12.2 Å². The SMILES string of the molecule is CCc1cc(CCO)cc(C(C)(C)C)c1OC. The number of rotatable bonds is 4. The molecule has 0 aliphatic carbocycles. The fourth-order valence-corrected chi connectivity index (χ4v) is 2.09. The van der Waals surface area contributed by atoms with Crippen LogP contribution in [0, 0.1) is 0 Å². The quantitative estimate of drug-likeness (QED) is 0.870. The molecule has 0 aromatic heterocycles. The van der Waals surface area contributed by atoms with Crippen molar-refractivity contribution in [2.45, 2.75) is 46.0 Å². The second-order valence-corrected chi connectivity index (χ2v) is 5.41. The first-order chi connectivity index (χ1) is 7.93. The number of methoxy groups -OCH3 is 1. The highest BCUT2D eigenvalue weighted by atomic mass is 16.5. The zero-order chi connectivity index (χ0) is 13.1. The Bertz CT molecular complexity index is 375. The van der Waals surface area contributed by atoms with Gasteiger partial charge in [0.25, 0.3) is 0 Å². The summed E-state index contributed by atoms with van der Waals surface area (Å²) in [5.41, 5.74) is 3.70. The van der Waals surface area contributed by atoms with Gasteiger partial charge in [-0.25, -0.2) is 0 Å². The van der Waals surface area contributed by atoms with Gasteiger partial charge in [-0.2, -0.15) is 0 Å². The molecule has 1 rings (SSSR count). The van der Waals surface area contributed by atoms with Gasteiger partial charge in [-0.05, 0) is 29.4 Å². The molecule has 0 spiro atoms. The van der Waals surface area contributed by atoms with E-state index < -0.39 is 0 Å². The van der Waals surface area contributed by atoms with Gasteiger partial charge in [0, 0.05) is 12.2 Å². The molecule has 17 heavy (non-hydrogen) atoms. The summed E-state index contributed by atoms with van der Waals surface area (Å²) in [6, 6.07) is 4.30. The first kappa shape index (κ1) is 14.0. The molecule has 1 N–H and O–H groups in total. The molecule has 1 aromatic rings. The van der Waals surface area contributed by atoms with E-state index in [-0.39, 0.29) is 12.0 Å². The average molecular weight is 236 g/mol. The molecule has 0 atom stereocenters. The standard InChI is InChI=1S/C15H24O2/c1-6-12-9-11(7-8-16)10-13(14(12)17-5)15(2,3)4/h9-10,16H,6-8H2,1-5H3. The Morgan fingerprint density at radius 2 is 1.88 bits per heavy atom. The zero-order valence-electron chi connectivity index (χ0n) is 11.6. The fraction of sp³-hybridized carbons (Fsp3) is 0.600. The van der Waals surface area contributed by atoms with Crippen LogP contribution in [-0.2, 0) is 18.3 Å². The van der Waals surface area contributed by atoms with E-state index in [9.17, 15) is 0 Å². The van der Waals surface area contributed by atoms with Crippen molar-refractivity contribution in [1.82, 2.24) is 0 Å². The lowest BCUT2D eigenvalue weighted by molar-refractivity contribution is 0.299. The molecule has 0 amide bonds. The average Bonchev–Trinajstić information content (AvgIpc) is 2.27. The fourth-order valence-electron chi connectivity index (χ4n) is 2.09. The molecule has 0 saturated carbocycles. The number of aryl methyl sites for hydroxylation is 1. The van der Waals surface area contributed by atoms with Crippen LogP contribution in [-0.4, -0.2) is 18.8 Å². The summed E-state index contributed by atoms with van der Waals surface area (Å²) >= 11 is 0. The van der Waals surface area contributed by atoms with Crippen molar-refractivity contribution < 1.29 is 9.84 Å². The molecule has 0 radical (unpaired) electrons. The number of hydrogen-bond acceptors (Lipinski definition) is 2. The molecule has 0 aliphatic heterocycles. The van der Waals surface area contributed by atoms with Crippen LogP contribution < -0.4 is 4.74 Å². The topological polar surface area (TPSA) is 29.5 Å². The van der Waals surface area contributed by atoms with Crippen molar-refractivity contribution in [2.75, 3.05) is 13.7 Å². The molecule has 0 bridgehead atoms. The maximum Gasteiger partial charge on any atom is 0.125 e. The molecule has 0 aliphatic rings. The second-order valence-electron chi connectivity index (χ2n) is 5.41. The number of ether oxygens (including phenoxy) is 1. The summed E-state index contributed by atoms with van der Waals surface area (Å²) in [5.74, 6) is 1.00. The maximum absolute atomic E-state index is 9.07. The van der Waals surface area contributed by atoms with Gasteiger partial charge in [0.05, 0.1) is 7.11 Å². The number of aliphatic hydroxyl groups is 1. The highest BCUT2D eigenvalue weighted by Crippen LogP contribution is 2.35. The first-order valence-electron chi connectivity index (χ1n) is 6.25. The van der Waals surface area contributed by atoms with E-state index >= 15 is 0 Å². The van der Waals surface area contributed by atoms with Crippen molar-refractivity contribution in [1.29, 1.82) is 0 Å². The van der Waals surface area contributed by atoms with Crippen LogP contribution in [0.5, 0.6) is 5.75 Å². The lowest BCUT2D eigenvalue weighted by Crippen LogP contribution is -2.15. The Morgan fingerprint density at radius 3 is 2.29 bits per heavy atom. The minimum absolute atomic E-state index is 0.0563. The Morgan fingerprint density at radius 1 is 1.24 bits per heavy atom. The third-order valence-corrected chi connectivity index (χ3v) is 3.02. The maximum atomic E-state index is 9.07. The minimum Gasteiger partial charge on any atom is -0.496 e. The predicted molar refractivity (Wildman–Crippen MR) is 71.9 cm³/mol. The van der Waals surface area contributed by atoms with Crippen molar-refractivity contribution >= 4 is 0 Å². The summed E-state index contributed by atoms with van der Waals surface area (Å²) in [6.45, 7) is 8.89. The predicted octanol–water partition coefficient (Wildman–Crippen LogP) is 3.09. The third kappa shape index (κ3) is 3.22. The monoisotopic (exact) mass is 236 g/mol. The molecule has 0 heterocycles. The molecule has 0 saturated heterocycles. The molecule has 96 valence electrons. The van der Waals surface area contributed by atoms with Crippen LogP contribution in [0.1, 0.15) is 44.4 Å². The smallest absolute Gasteiger partial charge is 0.125 e. The van der Waals surface area contributed by atoms with Crippen LogP contribution in [0.15, 0.2) is 12.1 Å². The van der Waals surface area contributed by atoms with Gasteiger partial charge < -0.3 is 9.84 Å². The number of hydrogen-bond donors (Lipinski definition) is 1. The van der Waals surface area contributed by atoms with Gasteiger partial charge in [-0.15, -0.1) is 0 Å². The van der Waals surface area contributed by atoms with E-state index in [4.69, 9.17) is 9.84 Å². The van der Waals surface area contributed by atoms with E-state index in [1.54, 1.807) is 7.11 Å². The van der Waals surface area contributed by atoms with E-state index in [1.807, 2.05) is 0 Å². The van der Waals surface area contributed by atoms with Crippen molar-refractivity contribution in [2.24, 2.45) is 0 Å². The Balaban J connectivity index is 3.37. The van der Waals surface area contributed by atoms with Crippen LogP contribution in [0.25, 0.3) is 0 Å². The normalized spacial score (nSPS) is 11.6. The summed E-state index contributed by atoms with van der Waals surface area (Å²) in [4.78, 5) is 0. The number of benzene rings is 1. The molecule has 1 aromatic carbocycles. The molecular formula is C15H24O2. The van der Waals surface area contributed by atoms with Crippen LogP contribution in [0.2, 0.25) is 0 Å². The second kappa shape index (κ2) is 5.54. The van der Waals surface area contributed by atoms with E-state index in [2.05, 4.69) is 39.8 Å². The van der Waals surface area contributed by atoms with Gasteiger partial charge >= 0.3 is 0 Å².